The standard InChI is InChI=1S/C35H37F2N7O2/c1-21(36)33(45)44-14-13-43(18-24(44)7-10-38)32-27-17-39-30(25-6-4-5-22-15-23-16-26(23)28(22)25)29(37)31(27)40-34(41-32)46-20-35(8-9-35)19-42-11-2-3-12-42/h4-6,17,23-24,26H,1-3,7-9,11-16,18-20H2/t23?,24-,26?/m0/s1. The Morgan fingerprint density at radius 2 is 2.00 bits per heavy atom. The highest BCUT2D eigenvalue weighted by Crippen LogP contribution is 2.58. The molecule has 5 aliphatic rings. The fraction of sp³-hybridized carbons (Fsp3) is 0.514. The van der Waals surface area contributed by atoms with E-state index in [1.807, 2.05) is 17.0 Å². The van der Waals surface area contributed by atoms with E-state index < -0.39 is 23.6 Å². The van der Waals surface area contributed by atoms with E-state index in [0.29, 0.717) is 36.2 Å². The van der Waals surface area contributed by atoms with Gasteiger partial charge >= 0.3 is 6.01 Å². The topological polar surface area (TPSA) is 98.5 Å². The first kappa shape index (κ1) is 29.2. The van der Waals surface area contributed by atoms with Crippen molar-refractivity contribution in [2.45, 2.75) is 56.9 Å². The molecule has 2 saturated heterocycles. The second-order valence-electron chi connectivity index (χ2n) is 13.8. The van der Waals surface area contributed by atoms with Crippen LogP contribution in [0.3, 0.4) is 0 Å². The van der Waals surface area contributed by atoms with Crippen LogP contribution in [-0.4, -0.2) is 82.6 Å². The maximum atomic E-state index is 16.7. The third-order valence-corrected chi connectivity index (χ3v) is 10.7. The number of nitriles is 1. The highest BCUT2D eigenvalue weighted by molar-refractivity contribution is 5.93. The molecule has 1 amide bonds. The Balaban J connectivity index is 1.17. The Morgan fingerprint density at radius 1 is 1.17 bits per heavy atom. The van der Waals surface area contributed by atoms with Crippen molar-refractivity contribution < 1.29 is 18.3 Å². The number of piperazine rings is 1. The third-order valence-electron chi connectivity index (χ3n) is 10.7. The number of aromatic nitrogens is 3. The molecule has 3 aliphatic carbocycles. The van der Waals surface area contributed by atoms with Crippen LogP contribution in [-0.2, 0) is 11.2 Å². The zero-order chi connectivity index (χ0) is 31.6. The van der Waals surface area contributed by atoms with Crippen LogP contribution in [0.5, 0.6) is 6.01 Å². The predicted octanol–water partition coefficient (Wildman–Crippen LogP) is 5.16. The summed E-state index contributed by atoms with van der Waals surface area (Å²) in [5.74, 6) is -0.869. The average Bonchev–Trinajstić information content (AvgIpc) is 3.90. The first-order chi connectivity index (χ1) is 22.3. The summed E-state index contributed by atoms with van der Waals surface area (Å²) in [6.07, 6.45) is 8.37. The molecule has 2 saturated carbocycles. The van der Waals surface area contributed by atoms with Crippen LogP contribution >= 0.6 is 0 Å². The Bertz CT molecular complexity index is 1780. The van der Waals surface area contributed by atoms with E-state index in [2.05, 4.69) is 33.6 Å². The maximum absolute atomic E-state index is 16.7. The van der Waals surface area contributed by atoms with Crippen LogP contribution in [0.25, 0.3) is 22.2 Å². The van der Waals surface area contributed by atoms with Crippen molar-refractivity contribution in [3.8, 4) is 23.3 Å². The number of likely N-dealkylation sites (tertiary alicyclic amines) is 1. The number of carbonyl (C=O) groups is 1. The van der Waals surface area contributed by atoms with E-state index in [1.54, 1.807) is 6.20 Å². The third kappa shape index (κ3) is 5.16. The van der Waals surface area contributed by atoms with Gasteiger partial charge in [-0.25, -0.2) is 8.78 Å². The summed E-state index contributed by atoms with van der Waals surface area (Å²) < 4.78 is 36.9. The van der Waals surface area contributed by atoms with E-state index >= 15 is 4.39 Å². The number of fused-ring (bicyclic) bond motifs is 4. The summed E-state index contributed by atoms with van der Waals surface area (Å²) in [6, 6.07) is 7.67. The van der Waals surface area contributed by atoms with Gasteiger partial charge in [-0.1, -0.05) is 24.8 Å². The van der Waals surface area contributed by atoms with Crippen LogP contribution in [0.15, 0.2) is 36.8 Å². The largest absolute Gasteiger partial charge is 0.463 e. The molecule has 2 unspecified atom stereocenters. The Kier molecular flexibility index (Phi) is 7.16. The van der Waals surface area contributed by atoms with Crippen molar-refractivity contribution in [3.63, 3.8) is 0 Å². The highest BCUT2D eigenvalue weighted by Gasteiger charge is 2.47. The summed E-state index contributed by atoms with van der Waals surface area (Å²) in [6.45, 7) is 7.45. The van der Waals surface area contributed by atoms with E-state index in [0.717, 1.165) is 50.9 Å². The number of ether oxygens (including phenoxy) is 1. The van der Waals surface area contributed by atoms with Gasteiger partial charge < -0.3 is 19.4 Å². The molecule has 238 valence electrons. The van der Waals surface area contributed by atoms with Gasteiger partial charge in [-0.3, -0.25) is 9.78 Å². The molecule has 46 heavy (non-hydrogen) atoms. The van der Waals surface area contributed by atoms with Gasteiger partial charge in [0, 0.05) is 43.4 Å². The van der Waals surface area contributed by atoms with Crippen LogP contribution in [0.2, 0.25) is 0 Å². The van der Waals surface area contributed by atoms with Crippen LogP contribution in [0.4, 0.5) is 14.6 Å². The molecule has 4 heterocycles. The number of rotatable bonds is 9. The normalized spacial score (nSPS) is 24.4. The van der Waals surface area contributed by atoms with E-state index in [-0.39, 0.29) is 42.1 Å². The molecule has 11 heteroatoms. The van der Waals surface area contributed by atoms with Crippen molar-refractivity contribution in [1.29, 1.82) is 5.26 Å². The lowest BCUT2D eigenvalue weighted by molar-refractivity contribution is -0.131. The van der Waals surface area contributed by atoms with Crippen molar-refractivity contribution in [1.82, 2.24) is 24.8 Å². The molecule has 0 bridgehead atoms. The molecule has 8 rings (SSSR count). The van der Waals surface area contributed by atoms with Crippen LogP contribution < -0.4 is 9.64 Å². The molecule has 4 fully saturated rings. The summed E-state index contributed by atoms with van der Waals surface area (Å²) in [7, 11) is 0. The zero-order valence-electron chi connectivity index (χ0n) is 25.9. The van der Waals surface area contributed by atoms with Crippen molar-refractivity contribution in [2.75, 3.05) is 50.8 Å². The molecule has 1 aromatic carbocycles. The smallest absolute Gasteiger partial charge is 0.319 e. The molecule has 3 aromatic rings. The van der Waals surface area contributed by atoms with Crippen LogP contribution in [0.1, 0.15) is 55.6 Å². The summed E-state index contributed by atoms with van der Waals surface area (Å²) >= 11 is 0. The molecule has 9 nitrogen and oxygen atoms in total. The molecule has 2 aromatic heterocycles. The maximum Gasteiger partial charge on any atom is 0.319 e. The molecular weight excluding hydrogens is 588 g/mol. The van der Waals surface area contributed by atoms with Gasteiger partial charge in [0.05, 0.1) is 30.5 Å². The highest BCUT2D eigenvalue weighted by atomic mass is 19.1. The average molecular weight is 626 g/mol. The number of pyridine rings is 1. The van der Waals surface area contributed by atoms with Crippen LogP contribution in [0, 0.1) is 28.5 Å². The number of amides is 1. The number of hydrogen-bond donors (Lipinski definition) is 0. The molecule has 3 atom stereocenters. The van der Waals surface area contributed by atoms with Gasteiger partial charge in [0.15, 0.2) is 11.6 Å². The van der Waals surface area contributed by atoms with Crippen molar-refractivity contribution in [3.05, 3.63) is 53.7 Å². The fourth-order valence-corrected chi connectivity index (χ4v) is 7.97. The van der Waals surface area contributed by atoms with Gasteiger partial charge in [-0.2, -0.15) is 15.2 Å². The minimum Gasteiger partial charge on any atom is -0.463 e. The minimum atomic E-state index is -1.06. The molecule has 0 N–H and O–H groups in total. The van der Waals surface area contributed by atoms with Crippen molar-refractivity contribution in [2.24, 2.45) is 11.3 Å². The number of benzene rings is 1. The van der Waals surface area contributed by atoms with E-state index in [4.69, 9.17) is 9.72 Å². The van der Waals surface area contributed by atoms with Gasteiger partial charge in [0.25, 0.3) is 5.91 Å². The minimum absolute atomic E-state index is 0.00104. The molecule has 2 aliphatic heterocycles. The first-order valence-electron chi connectivity index (χ1n) is 16.4. The van der Waals surface area contributed by atoms with Gasteiger partial charge in [0.1, 0.15) is 17.0 Å². The Hall–Kier alpha value is -4.17. The molecule has 0 radical (unpaired) electrons. The lowest BCUT2D eigenvalue weighted by atomic mass is 9.96. The lowest BCUT2D eigenvalue weighted by Crippen LogP contribution is -2.55. The van der Waals surface area contributed by atoms with E-state index in [9.17, 15) is 14.4 Å². The van der Waals surface area contributed by atoms with Gasteiger partial charge in [-0.05, 0) is 74.6 Å². The number of hydrogen-bond acceptors (Lipinski definition) is 8. The first-order valence-corrected chi connectivity index (χ1v) is 16.4. The zero-order valence-corrected chi connectivity index (χ0v) is 25.9. The monoisotopic (exact) mass is 625 g/mol. The molecular formula is C35H37F2N7O2. The second-order valence-corrected chi connectivity index (χ2v) is 13.8. The number of carbonyl (C=O) groups excluding carboxylic acids is 1. The summed E-state index contributed by atoms with van der Waals surface area (Å²) in [5.41, 5.74) is 3.75. The quantitative estimate of drug-likeness (QED) is 0.301. The molecule has 0 spiro atoms. The fourth-order valence-electron chi connectivity index (χ4n) is 7.97. The Labute approximate surface area is 266 Å². The predicted molar refractivity (Wildman–Crippen MR) is 168 cm³/mol. The number of halogens is 2. The lowest BCUT2D eigenvalue weighted by Gasteiger charge is -2.41. The summed E-state index contributed by atoms with van der Waals surface area (Å²) in [4.78, 5) is 32.4. The second kappa shape index (κ2) is 11.3. The number of nitrogens with zero attached hydrogens (tertiary/aromatic N) is 7. The van der Waals surface area contributed by atoms with Gasteiger partial charge in [0.2, 0.25) is 0 Å². The van der Waals surface area contributed by atoms with Gasteiger partial charge in [-0.15, -0.1) is 0 Å². The number of anilines is 1. The Morgan fingerprint density at radius 3 is 2.76 bits per heavy atom. The summed E-state index contributed by atoms with van der Waals surface area (Å²) in [5, 5.41) is 9.94. The van der Waals surface area contributed by atoms with E-state index in [1.165, 1.54) is 28.9 Å². The van der Waals surface area contributed by atoms with Crippen molar-refractivity contribution >= 4 is 22.6 Å². The SMILES string of the molecule is C=C(F)C(=O)N1CCN(c2nc(OCC3(CN4CCCC4)CC3)nc3c(F)c(-c4cccc5c4C4CC4C5)ncc23)C[C@@H]1CC#N.